The summed E-state index contributed by atoms with van der Waals surface area (Å²) in [6.45, 7) is 15.0. The minimum absolute atomic E-state index is 0.232. The largest absolute Gasteiger partial charge is 0.434 e. The zero-order valence-corrected chi connectivity index (χ0v) is 30.7. The monoisotopic (exact) mass is 707 g/mol. The quantitative estimate of drug-likeness (QED) is 0.275. The summed E-state index contributed by atoms with van der Waals surface area (Å²) in [5, 5.41) is 8.48. The number of hydrogen-bond donors (Lipinski definition) is 0. The van der Waals surface area contributed by atoms with E-state index in [1.165, 1.54) is 44.4 Å². The predicted octanol–water partition coefficient (Wildman–Crippen LogP) is 5.32. The van der Waals surface area contributed by atoms with Crippen LogP contribution in [-0.2, 0) is 4.79 Å². The van der Waals surface area contributed by atoms with Crippen molar-refractivity contribution < 1.29 is 13.9 Å². The highest BCUT2D eigenvalue weighted by molar-refractivity contribution is 5.82. The molecule has 0 radical (unpaired) electrons. The van der Waals surface area contributed by atoms with E-state index in [9.17, 15) is 9.18 Å². The molecule has 10 rings (SSSR count). The van der Waals surface area contributed by atoms with Gasteiger partial charge in [-0.1, -0.05) is 13.8 Å². The summed E-state index contributed by atoms with van der Waals surface area (Å²) in [7, 11) is 0. The van der Waals surface area contributed by atoms with Crippen LogP contribution in [0.5, 0.6) is 11.6 Å². The van der Waals surface area contributed by atoms with E-state index in [1.54, 1.807) is 12.3 Å². The number of aromatic nitrogens is 5. The highest BCUT2D eigenvalue weighted by atomic mass is 19.1. The van der Waals surface area contributed by atoms with Gasteiger partial charge in [-0.2, -0.15) is 0 Å². The van der Waals surface area contributed by atoms with Crippen molar-refractivity contribution in [2.45, 2.75) is 83.7 Å². The molecule has 274 valence electrons. The summed E-state index contributed by atoms with van der Waals surface area (Å²) in [4.78, 5) is 36.2. The number of carbonyl (C=O) groups excluding carboxylic acids is 1. The first-order valence-electron chi connectivity index (χ1n) is 19.7. The van der Waals surface area contributed by atoms with Gasteiger partial charge in [-0.15, -0.1) is 10.2 Å². The molecule has 1 amide bonds. The van der Waals surface area contributed by atoms with Gasteiger partial charge in [-0.25, -0.2) is 19.3 Å². The molecule has 0 unspecified atom stereocenters. The van der Waals surface area contributed by atoms with Crippen LogP contribution in [-0.4, -0.2) is 110 Å². The molecule has 1 atom stereocenters. The summed E-state index contributed by atoms with van der Waals surface area (Å²) >= 11 is 0. The highest BCUT2D eigenvalue weighted by Gasteiger charge is 2.58. The minimum atomic E-state index is -0.341. The van der Waals surface area contributed by atoms with Gasteiger partial charge in [-0.05, 0) is 81.9 Å². The number of nitrogens with zero attached hydrogens (tertiary/aromatic N) is 9. The zero-order valence-electron chi connectivity index (χ0n) is 30.7. The van der Waals surface area contributed by atoms with Crippen LogP contribution < -0.4 is 9.64 Å². The fourth-order valence-electron chi connectivity index (χ4n) is 10.5. The van der Waals surface area contributed by atoms with E-state index in [-0.39, 0.29) is 11.2 Å². The Labute approximate surface area is 305 Å². The van der Waals surface area contributed by atoms with Crippen LogP contribution in [0.3, 0.4) is 0 Å². The fraction of sp³-hybridized carbons (Fsp3) is 0.650. The van der Waals surface area contributed by atoms with E-state index >= 15 is 0 Å². The van der Waals surface area contributed by atoms with E-state index in [0.29, 0.717) is 70.0 Å². The van der Waals surface area contributed by atoms with Crippen LogP contribution >= 0.6 is 0 Å². The molecule has 0 N–H and O–H groups in total. The molecule has 3 saturated carbocycles. The molecular formula is C40H50FN9O2. The van der Waals surface area contributed by atoms with Crippen LogP contribution in [0.15, 0.2) is 30.7 Å². The van der Waals surface area contributed by atoms with Crippen molar-refractivity contribution >= 4 is 11.7 Å². The van der Waals surface area contributed by atoms with Crippen molar-refractivity contribution in [1.82, 2.24) is 39.8 Å². The Hall–Kier alpha value is -3.77. The topological polar surface area (TPSA) is 104 Å². The molecule has 4 aliphatic heterocycles. The first-order chi connectivity index (χ1) is 25.1. The van der Waals surface area contributed by atoms with E-state index in [2.05, 4.69) is 53.6 Å². The van der Waals surface area contributed by atoms with Gasteiger partial charge in [0.1, 0.15) is 23.7 Å². The predicted molar refractivity (Wildman–Crippen MR) is 193 cm³/mol. The van der Waals surface area contributed by atoms with Crippen LogP contribution in [0, 0.1) is 41.3 Å². The lowest BCUT2D eigenvalue weighted by Gasteiger charge is -2.65. The smallest absolute Gasteiger partial charge is 0.282 e. The summed E-state index contributed by atoms with van der Waals surface area (Å²) in [5.74, 6) is 4.38. The number of likely N-dealkylation sites (tertiary alicyclic amines) is 3. The van der Waals surface area contributed by atoms with Gasteiger partial charge >= 0.3 is 0 Å². The molecule has 4 saturated heterocycles. The molecule has 3 aliphatic carbocycles. The molecule has 7 aliphatic rings. The Morgan fingerprint density at radius 1 is 0.962 bits per heavy atom. The highest BCUT2D eigenvalue weighted by Crippen LogP contribution is 2.51. The summed E-state index contributed by atoms with van der Waals surface area (Å²) in [6, 6.07) is 5.90. The van der Waals surface area contributed by atoms with Crippen molar-refractivity contribution in [1.29, 1.82) is 0 Å². The maximum Gasteiger partial charge on any atom is 0.282 e. The van der Waals surface area contributed by atoms with Gasteiger partial charge in [0.25, 0.3) is 5.88 Å². The normalized spacial score (nSPS) is 26.9. The third-order valence-electron chi connectivity index (χ3n) is 13.3. The molecule has 2 spiro atoms. The van der Waals surface area contributed by atoms with Gasteiger partial charge < -0.3 is 14.5 Å². The summed E-state index contributed by atoms with van der Waals surface area (Å²) < 4.78 is 21.2. The first kappa shape index (κ1) is 32.8. The second-order valence-corrected chi connectivity index (χ2v) is 17.9. The number of carbonyl (C=O) groups is 1. The van der Waals surface area contributed by atoms with Crippen LogP contribution in [0.4, 0.5) is 10.2 Å². The number of halogens is 1. The van der Waals surface area contributed by atoms with E-state index < -0.39 is 0 Å². The third-order valence-corrected chi connectivity index (χ3v) is 13.3. The van der Waals surface area contributed by atoms with E-state index in [1.807, 2.05) is 6.92 Å². The molecule has 52 heavy (non-hydrogen) atoms. The molecule has 0 bridgehead atoms. The van der Waals surface area contributed by atoms with Gasteiger partial charge in [0.2, 0.25) is 5.91 Å². The van der Waals surface area contributed by atoms with Gasteiger partial charge in [0, 0.05) is 104 Å². The Morgan fingerprint density at radius 2 is 1.75 bits per heavy atom. The average Bonchev–Trinajstić information content (AvgIpc) is 4.00. The average molecular weight is 708 g/mol. The number of hydrogen-bond acceptors (Lipinski definition) is 10. The maximum atomic E-state index is 14.7. The number of ether oxygens (including phenoxy) is 1. The van der Waals surface area contributed by atoms with Crippen molar-refractivity contribution in [3.05, 3.63) is 48.1 Å². The lowest BCUT2D eigenvalue weighted by atomic mass is 9.65. The molecule has 11 nitrogen and oxygen atoms in total. The second-order valence-electron chi connectivity index (χ2n) is 17.9. The SMILES string of the molecule is Cc1ncc(-c2cc(F)ccc2Oc2nncnc2N2CCC3(C2)CN([C@@H](C(C)C)C2CC(N4CC5(CN(C(=O)C6CC6)C5)C4)C2)C3)c(C2CC2)n1. The van der Waals surface area contributed by atoms with Gasteiger partial charge in [0.15, 0.2) is 5.82 Å². The number of benzene rings is 1. The van der Waals surface area contributed by atoms with Crippen molar-refractivity contribution in [2.75, 3.05) is 57.3 Å². The number of aryl methyl sites for hydroxylation is 1. The molecule has 7 fully saturated rings. The Bertz CT molecular complexity index is 1870. The van der Waals surface area contributed by atoms with Crippen molar-refractivity contribution in [3.8, 4) is 22.8 Å². The zero-order chi connectivity index (χ0) is 35.4. The Balaban J connectivity index is 0.771. The molecule has 3 aromatic rings. The lowest BCUT2D eigenvalue weighted by Crippen LogP contribution is -2.75. The molecular weight excluding hydrogens is 657 g/mol. The first-order valence-corrected chi connectivity index (χ1v) is 19.7. The minimum Gasteiger partial charge on any atom is -0.434 e. The summed E-state index contributed by atoms with van der Waals surface area (Å²) in [5.41, 5.74) is 2.99. The fourth-order valence-corrected chi connectivity index (χ4v) is 10.5. The van der Waals surface area contributed by atoms with E-state index in [4.69, 9.17) is 9.72 Å². The van der Waals surface area contributed by atoms with Crippen LogP contribution in [0.2, 0.25) is 0 Å². The molecule has 12 heteroatoms. The maximum absolute atomic E-state index is 14.7. The summed E-state index contributed by atoms with van der Waals surface area (Å²) in [6.07, 6.45) is 11.3. The number of amides is 1. The van der Waals surface area contributed by atoms with E-state index in [0.717, 1.165) is 88.5 Å². The van der Waals surface area contributed by atoms with Crippen LogP contribution in [0.1, 0.15) is 76.2 Å². The molecule has 6 heterocycles. The Morgan fingerprint density at radius 3 is 2.48 bits per heavy atom. The standard InChI is InChI=1S/C40H50FN9O2/c1-24(2)35(28-12-30(13-28)48-19-40(20-48)21-50(22-40)38(51)27-6-7-27)49-17-39(18-49)10-11-47(16-39)36-37(46-44-23-43-36)52-33-9-8-29(41)14-31(33)32-15-42-25(3)45-34(32)26-4-5-26/h8-9,14-15,23-24,26-28,30,35H,4-7,10-13,16-22H2,1-3H3/t28?,30?,35-/m0/s1. The Kier molecular flexibility index (Phi) is 7.66. The van der Waals surface area contributed by atoms with Gasteiger partial charge in [-0.3, -0.25) is 14.6 Å². The molecule has 1 aromatic carbocycles. The number of anilines is 1. The second kappa shape index (κ2) is 12.1. The van der Waals surface area contributed by atoms with Gasteiger partial charge in [0.05, 0.1) is 5.69 Å². The van der Waals surface area contributed by atoms with Crippen molar-refractivity contribution in [3.63, 3.8) is 0 Å². The number of rotatable bonds is 10. The third kappa shape index (κ3) is 5.75. The lowest BCUT2D eigenvalue weighted by molar-refractivity contribution is -0.174. The molecule has 2 aromatic heterocycles. The van der Waals surface area contributed by atoms with Crippen molar-refractivity contribution in [2.24, 2.45) is 28.6 Å². The van der Waals surface area contributed by atoms with Crippen LogP contribution in [0.25, 0.3) is 11.1 Å².